The fourth-order valence-corrected chi connectivity index (χ4v) is 2.37. The summed E-state index contributed by atoms with van der Waals surface area (Å²) in [5, 5.41) is 3.59. The summed E-state index contributed by atoms with van der Waals surface area (Å²) in [7, 11) is 1.67. The van der Waals surface area contributed by atoms with Crippen LogP contribution in [0.1, 0.15) is 42.5 Å². The van der Waals surface area contributed by atoms with Gasteiger partial charge in [-0.2, -0.15) is 0 Å². The first-order valence-corrected chi connectivity index (χ1v) is 7.15. The van der Waals surface area contributed by atoms with E-state index < -0.39 is 0 Å². The lowest BCUT2D eigenvalue weighted by molar-refractivity contribution is 0.177. The third-order valence-corrected chi connectivity index (χ3v) is 3.63. The minimum absolute atomic E-state index is 0.487. The molecule has 1 atom stereocenters. The standard InChI is InChI=1S/C15H25N3O/c1-10(8-16-13-5-6-13)7-14-11(2)17-15(9-19-4)18-12(14)3/h10,13,16H,5-9H2,1-4H3. The molecule has 1 saturated carbocycles. The molecule has 0 radical (unpaired) electrons. The second kappa shape index (κ2) is 6.44. The molecule has 1 unspecified atom stereocenters. The van der Waals surface area contributed by atoms with Crippen molar-refractivity contribution in [2.75, 3.05) is 13.7 Å². The zero-order valence-corrected chi connectivity index (χ0v) is 12.5. The Hall–Kier alpha value is -1.00. The van der Waals surface area contributed by atoms with E-state index in [4.69, 9.17) is 4.74 Å². The predicted octanol–water partition coefficient (Wildman–Crippen LogP) is 2.17. The largest absolute Gasteiger partial charge is 0.377 e. The lowest BCUT2D eigenvalue weighted by Crippen LogP contribution is -2.25. The Morgan fingerprint density at radius 1 is 1.26 bits per heavy atom. The first kappa shape index (κ1) is 14.4. The fourth-order valence-electron chi connectivity index (χ4n) is 2.37. The lowest BCUT2D eigenvalue weighted by atomic mass is 9.98. The average Bonchev–Trinajstić information content (AvgIpc) is 3.16. The maximum atomic E-state index is 5.10. The van der Waals surface area contributed by atoms with Gasteiger partial charge in [0.15, 0.2) is 5.82 Å². The smallest absolute Gasteiger partial charge is 0.154 e. The highest BCUT2D eigenvalue weighted by Crippen LogP contribution is 2.20. The molecule has 0 saturated heterocycles. The minimum atomic E-state index is 0.487. The molecule has 1 N–H and O–H groups in total. The van der Waals surface area contributed by atoms with E-state index in [-0.39, 0.29) is 0 Å². The summed E-state index contributed by atoms with van der Waals surface area (Å²) in [5.41, 5.74) is 3.49. The van der Waals surface area contributed by atoms with E-state index in [2.05, 4.69) is 36.1 Å². The minimum Gasteiger partial charge on any atom is -0.377 e. The molecule has 0 spiro atoms. The summed E-state index contributed by atoms with van der Waals surface area (Å²) in [4.78, 5) is 9.06. The first-order valence-electron chi connectivity index (χ1n) is 7.15. The van der Waals surface area contributed by atoms with Gasteiger partial charge in [0, 0.05) is 24.5 Å². The van der Waals surface area contributed by atoms with Crippen molar-refractivity contribution in [2.24, 2.45) is 5.92 Å². The summed E-state index contributed by atoms with van der Waals surface area (Å²) in [6.45, 7) is 8.01. The average molecular weight is 263 g/mol. The van der Waals surface area contributed by atoms with Gasteiger partial charge < -0.3 is 10.1 Å². The third kappa shape index (κ3) is 4.25. The first-order chi connectivity index (χ1) is 9.10. The zero-order chi connectivity index (χ0) is 13.8. The molecule has 19 heavy (non-hydrogen) atoms. The molecule has 1 aromatic heterocycles. The van der Waals surface area contributed by atoms with E-state index in [0.717, 1.165) is 36.2 Å². The van der Waals surface area contributed by atoms with Crippen LogP contribution in [0.5, 0.6) is 0 Å². The van der Waals surface area contributed by atoms with E-state index in [1.807, 2.05) is 0 Å². The van der Waals surface area contributed by atoms with Gasteiger partial charge in [0.2, 0.25) is 0 Å². The molecule has 1 aromatic rings. The fraction of sp³-hybridized carbons (Fsp3) is 0.733. The van der Waals surface area contributed by atoms with Gasteiger partial charge in [-0.25, -0.2) is 9.97 Å². The SMILES string of the molecule is COCc1nc(C)c(CC(C)CNC2CC2)c(C)n1. The third-order valence-electron chi connectivity index (χ3n) is 3.63. The molecule has 1 fully saturated rings. The number of ether oxygens (including phenoxy) is 1. The van der Waals surface area contributed by atoms with E-state index in [0.29, 0.717) is 12.5 Å². The van der Waals surface area contributed by atoms with Crippen molar-refractivity contribution >= 4 is 0 Å². The van der Waals surface area contributed by atoms with Crippen molar-refractivity contribution in [3.05, 3.63) is 22.8 Å². The molecule has 0 amide bonds. The van der Waals surface area contributed by atoms with Gasteiger partial charge in [0.25, 0.3) is 0 Å². The normalized spacial score (nSPS) is 16.6. The van der Waals surface area contributed by atoms with Gasteiger partial charge in [-0.3, -0.25) is 0 Å². The molecule has 2 rings (SSSR count). The van der Waals surface area contributed by atoms with Crippen molar-refractivity contribution in [1.82, 2.24) is 15.3 Å². The van der Waals surface area contributed by atoms with Gasteiger partial charge in [-0.15, -0.1) is 0 Å². The monoisotopic (exact) mass is 263 g/mol. The summed E-state index contributed by atoms with van der Waals surface area (Å²) < 4.78 is 5.10. The van der Waals surface area contributed by atoms with Gasteiger partial charge in [0.1, 0.15) is 6.61 Å². The number of methoxy groups -OCH3 is 1. The highest BCUT2D eigenvalue weighted by atomic mass is 16.5. The Kier molecular flexibility index (Phi) is 4.88. The zero-order valence-electron chi connectivity index (χ0n) is 12.5. The van der Waals surface area contributed by atoms with Gasteiger partial charge >= 0.3 is 0 Å². The maximum absolute atomic E-state index is 5.10. The number of rotatable bonds is 7. The maximum Gasteiger partial charge on any atom is 0.154 e. The quantitative estimate of drug-likeness (QED) is 0.819. The Labute approximate surface area is 116 Å². The van der Waals surface area contributed by atoms with Crippen LogP contribution in [0.25, 0.3) is 0 Å². The molecule has 4 nitrogen and oxygen atoms in total. The van der Waals surface area contributed by atoms with Gasteiger partial charge in [-0.05, 0) is 51.1 Å². The van der Waals surface area contributed by atoms with E-state index in [1.165, 1.54) is 18.4 Å². The number of hydrogen-bond donors (Lipinski definition) is 1. The molecule has 1 aliphatic rings. The molecule has 0 bridgehead atoms. The van der Waals surface area contributed by atoms with Crippen LogP contribution in [0.2, 0.25) is 0 Å². The molecule has 4 heteroatoms. The van der Waals surface area contributed by atoms with E-state index in [9.17, 15) is 0 Å². The predicted molar refractivity (Wildman–Crippen MR) is 76.1 cm³/mol. The molecule has 0 aliphatic heterocycles. The summed E-state index contributed by atoms with van der Waals surface area (Å²) in [6, 6.07) is 0.782. The van der Waals surface area contributed by atoms with Gasteiger partial charge in [0.05, 0.1) is 0 Å². The number of nitrogens with zero attached hydrogens (tertiary/aromatic N) is 2. The van der Waals surface area contributed by atoms with E-state index >= 15 is 0 Å². The van der Waals surface area contributed by atoms with Crippen molar-refractivity contribution < 1.29 is 4.74 Å². The van der Waals surface area contributed by atoms with Gasteiger partial charge in [-0.1, -0.05) is 6.92 Å². The summed E-state index contributed by atoms with van der Waals surface area (Å²) >= 11 is 0. The van der Waals surface area contributed by atoms with Crippen LogP contribution in [0, 0.1) is 19.8 Å². The Morgan fingerprint density at radius 2 is 1.89 bits per heavy atom. The Morgan fingerprint density at radius 3 is 2.42 bits per heavy atom. The summed E-state index contributed by atoms with van der Waals surface area (Å²) in [6.07, 6.45) is 3.74. The van der Waals surface area contributed by atoms with Crippen LogP contribution in [0.15, 0.2) is 0 Å². The summed E-state index contributed by atoms with van der Waals surface area (Å²) in [5.74, 6) is 1.40. The van der Waals surface area contributed by atoms with Crippen LogP contribution in [0.4, 0.5) is 0 Å². The van der Waals surface area contributed by atoms with Crippen molar-refractivity contribution in [2.45, 2.75) is 52.7 Å². The molecule has 1 aliphatic carbocycles. The van der Waals surface area contributed by atoms with Crippen LogP contribution >= 0.6 is 0 Å². The number of aryl methyl sites for hydroxylation is 2. The molecule has 1 heterocycles. The Bertz CT molecular complexity index is 406. The molecular weight excluding hydrogens is 238 g/mol. The highest BCUT2D eigenvalue weighted by molar-refractivity contribution is 5.24. The number of aromatic nitrogens is 2. The molecule has 106 valence electrons. The second-order valence-corrected chi connectivity index (χ2v) is 5.71. The van der Waals surface area contributed by atoms with Crippen LogP contribution < -0.4 is 5.32 Å². The van der Waals surface area contributed by atoms with Crippen molar-refractivity contribution in [3.63, 3.8) is 0 Å². The Balaban J connectivity index is 1.97. The molecular formula is C15H25N3O. The van der Waals surface area contributed by atoms with Crippen LogP contribution in [-0.2, 0) is 17.8 Å². The lowest BCUT2D eigenvalue weighted by Gasteiger charge is -2.16. The second-order valence-electron chi connectivity index (χ2n) is 5.71. The molecule has 0 aromatic carbocycles. The van der Waals surface area contributed by atoms with Crippen molar-refractivity contribution in [3.8, 4) is 0 Å². The van der Waals surface area contributed by atoms with Crippen LogP contribution in [0.3, 0.4) is 0 Å². The highest BCUT2D eigenvalue weighted by Gasteiger charge is 2.21. The number of hydrogen-bond acceptors (Lipinski definition) is 4. The number of nitrogens with one attached hydrogen (secondary N) is 1. The van der Waals surface area contributed by atoms with Crippen LogP contribution in [-0.4, -0.2) is 29.7 Å². The van der Waals surface area contributed by atoms with Crippen molar-refractivity contribution in [1.29, 1.82) is 0 Å². The van der Waals surface area contributed by atoms with E-state index in [1.54, 1.807) is 7.11 Å². The topological polar surface area (TPSA) is 47.0 Å².